The number of benzene rings is 2. The van der Waals surface area contributed by atoms with Crippen LogP contribution in [-0.4, -0.2) is 21.8 Å². The number of hydrogen-bond donors (Lipinski definition) is 4. The summed E-state index contributed by atoms with van der Waals surface area (Å²) < 4.78 is 0. The van der Waals surface area contributed by atoms with Crippen molar-refractivity contribution < 1.29 is 9.59 Å². The molecule has 0 aliphatic carbocycles. The number of para-hydroxylation sites is 1. The summed E-state index contributed by atoms with van der Waals surface area (Å²) in [6, 6.07) is 11.9. The van der Waals surface area contributed by atoms with E-state index in [9.17, 15) is 9.59 Å². The normalized spacial score (nSPS) is 10.6. The molecule has 110 valence electrons. The van der Waals surface area contributed by atoms with Crippen LogP contribution in [0.1, 0.15) is 20.7 Å². The number of rotatable bonds is 3. The Morgan fingerprint density at radius 3 is 2.45 bits per heavy atom. The first-order valence-electron chi connectivity index (χ1n) is 6.50. The molecular weight excluding hydrogens is 282 g/mol. The van der Waals surface area contributed by atoms with Gasteiger partial charge in [0.15, 0.2) is 0 Å². The van der Waals surface area contributed by atoms with Gasteiger partial charge in [-0.1, -0.05) is 18.2 Å². The molecule has 0 atom stereocenters. The third-order valence-electron chi connectivity index (χ3n) is 3.33. The molecule has 22 heavy (non-hydrogen) atoms. The lowest BCUT2D eigenvalue weighted by molar-refractivity contribution is 0.0952. The molecule has 0 spiro atoms. The average Bonchev–Trinajstić information content (AvgIpc) is 2.98. The topological polar surface area (TPSA) is 127 Å². The number of nitrogens with zero attached hydrogens (tertiary/aromatic N) is 1. The number of carbonyl (C=O) groups excluding carboxylic acids is 2. The van der Waals surface area contributed by atoms with Crippen molar-refractivity contribution >= 4 is 22.8 Å². The largest absolute Gasteiger partial charge is 0.366 e. The Kier molecular flexibility index (Phi) is 3.32. The summed E-state index contributed by atoms with van der Waals surface area (Å²) in [4.78, 5) is 30.4. The van der Waals surface area contributed by atoms with Crippen molar-refractivity contribution in [3.63, 3.8) is 0 Å². The summed E-state index contributed by atoms with van der Waals surface area (Å²) in [6.45, 7) is 0. The Hall–Kier alpha value is -3.19. The number of hydrogen-bond acceptors (Lipinski definition) is 4. The zero-order valence-corrected chi connectivity index (χ0v) is 11.5. The van der Waals surface area contributed by atoms with Crippen LogP contribution in [0.25, 0.3) is 22.4 Å². The molecule has 2 amide bonds. The summed E-state index contributed by atoms with van der Waals surface area (Å²) in [7, 11) is 0. The molecule has 7 nitrogen and oxygen atoms in total. The van der Waals surface area contributed by atoms with E-state index in [1.165, 1.54) is 0 Å². The fourth-order valence-electron chi connectivity index (χ4n) is 2.23. The van der Waals surface area contributed by atoms with Crippen molar-refractivity contribution in [2.45, 2.75) is 0 Å². The van der Waals surface area contributed by atoms with Gasteiger partial charge in [0.05, 0.1) is 11.1 Å². The summed E-state index contributed by atoms with van der Waals surface area (Å²) in [5, 5.41) is 0. The number of amides is 2. The molecule has 0 bridgehead atoms. The van der Waals surface area contributed by atoms with Crippen LogP contribution in [-0.2, 0) is 0 Å². The van der Waals surface area contributed by atoms with Crippen LogP contribution < -0.4 is 17.0 Å². The fourth-order valence-corrected chi connectivity index (χ4v) is 2.23. The Balaban J connectivity index is 2.05. The molecule has 0 saturated heterocycles. The van der Waals surface area contributed by atoms with Gasteiger partial charge in [-0.15, -0.1) is 0 Å². The first kappa shape index (κ1) is 13.8. The number of hydrazine groups is 1. The zero-order chi connectivity index (χ0) is 15.7. The Morgan fingerprint density at radius 1 is 1.09 bits per heavy atom. The number of aromatic amines is 1. The van der Waals surface area contributed by atoms with E-state index in [1.54, 1.807) is 36.4 Å². The van der Waals surface area contributed by atoms with E-state index in [0.717, 1.165) is 11.1 Å². The maximum Gasteiger partial charge on any atom is 0.265 e. The molecule has 0 aliphatic rings. The fraction of sp³-hybridized carbons (Fsp3) is 0. The van der Waals surface area contributed by atoms with Crippen molar-refractivity contribution in [3.05, 3.63) is 53.6 Å². The summed E-state index contributed by atoms with van der Waals surface area (Å²) in [5.74, 6) is 4.78. The van der Waals surface area contributed by atoms with Crippen LogP contribution in [0.4, 0.5) is 0 Å². The van der Waals surface area contributed by atoms with Gasteiger partial charge in [0.1, 0.15) is 11.3 Å². The van der Waals surface area contributed by atoms with E-state index in [-0.39, 0.29) is 5.91 Å². The molecule has 0 saturated carbocycles. The lowest BCUT2D eigenvalue weighted by Crippen LogP contribution is -2.29. The minimum absolute atomic E-state index is 0.360. The summed E-state index contributed by atoms with van der Waals surface area (Å²) in [5.41, 5.74) is 10.2. The van der Waals surface area contributed by atoms with Gasteiger partial charge >= 0.3 is 0 Å². The highest BCUT2D eigenvalue weighted by molar-refractivity contribution is 6.04. The third kappa shape index (κ3) is 2.29. The highest BCUT2D eigenvalue weighted by atomic mass is 16.2. The number of imidazole rings is 1. The van der Waals surface area contributed by atoms with Gasteiger partial charge in [0.2, 0.25) is 0 Å². The Labute approximate surface area is 125 Å². The van der Waals surface area contributed by atoms with Crippen LogP contribution >= 0.6 is 0 Å². The van der Waals surface area contributed by atoms with E-state index in [1.807, 2.05) is 6.07 Å². The zero-order valence-electron chi connectivity index (χ0n) is 11.5. The lowest BCUT2D eigenvalue weighted by Gasteiger charge is -2.00. The van der Waals surface area contributed by atoms with Crippen molar-refractivity contribution in [1.29, 1.82) is 0 Å². The van der Waals surface area contributed by atoms with E-state index < -0.39 is 5.91 Å². The van der Waals surface area contributed by atoms with Crippen LogP contribution in [0, 0.1) is 0 Å². The van der Waals surface area contributed by atoms with E-state index in [2.05, 4.69) is 15.4 Å². The molecule has 0 fully saturated rings. The van der Waals surface area contributed by atoms with E-state index in [0.29, 0.717) is 22.5 Å². The smallest absolute Gasteiger partial charge is 0.265 e. The first-order chi connectivity index (χ1) is 10.6. The number of H-pyrrole nitrogens is 1. The molecule has 1 heterocycles. The number of nitrogens with two attached hydrogens (primary N) is 2. The van der Waals surface area contributed by atoms with Gasteiger partial charge in [-0.2, -0.15) is 0 Å². The van der Waals surface area contributed by atoms with Gasteiger partial charge < -0.3 is 10.7 Å². The van der Waals surface area contributed by atoms with Crippen LogP contribution in [0.3, 0.4) is 0 Å². The number of aromatic nitrogens is 2. The molecule has 3 aromatic rings. The minimum Gasteiger partial charge on any atom is -0.366 e. The third-order valence-corrected chi connectivity index (χ3v) is 3.33. The number of fused-ring (bicyclic) bond motifs is 1. The Morgan fingerprint density at radius 2 is 1.82 bits per heavy atom. The number of primary amides is 1. The highest BCUT2D eigenvalue weighted by Gasteiger charge is 2.12. The second kappa shape index (κ2) is 5.30. The van der Waals surface area contributed by atoms with Crippen molar-refractivity contribution in [1.82, 2.24) is 15.4 Å². The van der Waals surface area contributed by atoms with Crippen LogP contribution in [0.5, 0.6) is 0 Å². The SMILES string of the molecule is NNC(=O)c1ccc(-c2nc3c(C(N)=O)cccc3[nH]2)cc1. The average molecular weight is 295 g/mol. The van der Waals surface area contributed by atoms with Crippen molar-refractivity contribution in [3.8, 4) is 11.4 Å². The van der Waals surface area contributed by atoms with Gasteiger partial charge in [0.25, 0.3) is 11.8 Å². The van der Waals surface area contributed by atoms with E-state index in [4.69, 9.17) is 11.6 Å². The van der Waals surface area contributed by atoms with Gasteiger partial charge in [-0.25, -0.2) is 10.8 Å². The maximum absolute atomic E-state index is 11.4. The second-order valence-corrected chi connectivity index (χ2v) is 4.70. The second-order valence-electron chi connectivity index (χ2n) is 4.70. The predicted molar refractivity (Wildman–Crippen MR) is 81.7 cm³/mol. The van der Waals surface area contributed by atoms with E-state index >= 15 is 0 Å². The highest BCUT2D eigenvalue weighted by Crippen LogP contribution is 2.23. The molecule has 7 heteroatoms. The number of nitrogen functional groups attached to an aromatic ring is 1. The maximum atomic E-state index is 11.4. The molecule has 6 N–H and O–H groups in total. The van der Waals surface area contributed by atoms with Gasteiger partial charge in [0, 0.05) is 11.1 Å². The van der Waals surface area contributed by atoms with Crippen LogP contribution in [0.15, 0.2) is 42.5 Å². The first-order valence-corrected chi connectivity index (χ1v) is 6.50. The van der Waals surface area contributed by atoms with Gasteiger partial charge in [-0.3, -0.25) is 15.0 Å². The molecule has 0 unspecified atom stereocenters. The standard InChI is InChI=1S/C15H13N5O2/c16-13(21)10-2-1-3-11-12(10)19-14(18-11)8-4-6-9(7-5-8)15(22)20-17/h1-7H,17H2,(H2,16,21)(H,18,19)(H,20,22). The predicted octanol–water partition coefficient (Wildman–Crippen LogP) is 0.932. The lowest BCUT2D eigenvalue weighted by atomic mass is 10.1. The monoisotopic (exact) mass is 295 g/mol. The van der Waals surface area contributed by atoms with Crippen LogP contribution in [0.2, 0.25) is 0 Å². The molecule has 0 aliphatic heterocycles. The van der Waals surface area contributed by atoms with Crippen molar-refractivity contribution in [2.24, 2.45) is 11.6 Å². The molecule has 3 rings (SSSR count). The molecular formula is C15H13N5O2. The molecule has 2 aromatic carbocycles. The number of carbonyl (C=O) groups is 2. The summed E-state index contributed by atoms with van der Waals surface area (Å²) >= 11 is 0. The molecule has 0 radical (unpaired) electrons. The minimum atomic E-state index is -0.529. The van der Waals surface area contributed by atoms with Gasteiger partial charge in [-0.05, 0) is 24.3 Å². The van der Waals surface area contributed by atoms with Crippen molar-refractivity contribution in [2.75, 3.05) is 0 Å². The molecule has 1 aromatic heterocycles. The Bertz CT molecular complexity index is 867. The number of nitrogens with one attached hydrogen (secondary N) is 2. The quantitative estimate of drug-likeness (QED) is 0.325. The summed E-state index contributed by atoms with van der Waals surface area (Å²) in [6.07, 6.45) is 0.